The molecule has 0 heterocycles. The molecule has 0 aliphatic rings. The third kappa shape index (κ3) is 5.04. The Balaban J connectivity index is 1.63. The highest BCUT2D eigenvalue weighted by Gasteiger charge is 2.09. The second kappa shape index (κ2) is 8.64. The van der Waals surface area contributed by atoms with Gasteiger partial charge in [0.2, 0.25) is 5.91 Å². The van der Waals surface area contributed by atoms with Crippen LogP contribution in [-0.4, -0.2) is 17.7 Å². The summed E-state index contributed by atoms with van der Waals surface area (Å²) >= 11 is 0. The number of carbonyl (C=O) groups is 3. The lowest BCUT2D eigenvalue weighted by Crippen LogP contribution is -2.14. The van der Waals surface area contributed by atoms with Gasteiger partial charge in [0.25, 0.3) is 11.8 Å². The summed E-state index contributed by atoms with van der Waals surface area (Å²) in [6.45, 7) is 1.41. The first-order chi connectivity index (χ1) is 13.5. The van der Waals surface area contributed by atoms with E-state index in [2.05, 4.69) is 16.0 Å². The zero-order chi connectivity index (χ0) is 19.9. The van der Waals surface area contributed by atoms with Gasteiger partial charge in [0, 0.05) is 35.1 Å². The summed E-state index contributed by atoms with van der Waals surface area (Å²) in [4.78, 5) is 35.7. The van der Waals surface area contributed by atoms with Gasteiger partial charge in [-0.25, -0.2) is 0 Å². The van der Waals surface area contributed by atoms with Crippen LogP contribution in [0, 0.1) is 0 Å². The second-order valence-electron chi connectivity index (χ2n) is 6.11. The van der Waals surface area contributed by atoms with E-state index >= 15 is 0 Å². The van der Waals surface area contributed by atoms with Gasteiger partial charge in [0.15, 0.2) is 0 Å². The molecule has 3 aromatic carbocycles. The van der Waals surface area contributed by atoms with Gasteiger partial charge in [-0.15, -0.1) is 0 Å². The Labute approximate surface area is 162 Å². The number of nitrogens with one attached hydrogen (secondary N) is 3. The van der Waals surface area contributed by atoms with Crippen molar-refractivity contribution in [2.45, 2.75) is 6.92 Å². The minimum atomic E-state index is -0.298. The molecule has 0 unspecified atom stereocenters. The Morgan fingerprint density at radius 1 is 0.571 bits per heavy atom. The molecule has 0 saturated heterocycles. The van der Waals surface area contributed by atoms with Gasteiger partial charge in [0.05, 0.1) is 0 Å². The quantitative estimate of drug-likeness (QED) is 0.628. The minimum absolute atomic E-state index is 0.202. The van der Waals surface area contributed by atoms with E-state index in [0.29, 0.717) is 28.2 Å². The van der Waals surface area contributed by atoms with E-state index in [1.165, 1.54) is 6.92 Å². The summed E-state index contributed by atoms with van der Waals surface area (Å²) in [6, 6.07) is 22.4. The van der Waals surface area contributed by atoms with E-state index in [0.717, 1.165) is 0 Å². The Morgan fingerprint density at radius 2 is 1.11 bits per heavy atom. The molecular formula is C22H19N3O3. The molecule has 3 N–H and O–H groups in total. The molecular weight excluding hydrogens is 354 g/mol. The van der Waals surface area contributed by atoms with Crippen molar-refractivity contribution in [3.63, 3.8) is 0 Å². The monoisotopic (exact) mass is 373 g/mol. The van der Waals surface area contributed by atoms with Gasteiger partial charge in [-0.2, -0.15) is 0 Å². The number of anilines is 3. The van der Waals surface area contributed by atoms with Crippen LogP contribution in [0.2, 0.25) is 0 Å². The van der Waals surface area contributed by atoms with Gasteiger partial charge < -0.3 is 16.0 Å². The smallest absolute Gasteiger partial charge is 0.255 e. The molecule has 0 saturated carbocycles. The van der Waals surface area contributed by atoms with Crippen molar-refractivity contribution in [1.82, 2.24) is 0 Å². The number of amides is 3. The predicted octanol–water partition coefficient (Wildman–Crippen LogP) is 4.15. The van der Waals surface area contributed by atoms with Crippen molar-refractivity contribution in [3.05, 3.63) is 90.0 Å². The summed E-state index contributed by atoms with van der Waals surface area (Å²) in [6.07, 6.45) is 0. The molecule has 6 nitrogen and oxygen atoms in total. The molecule has 0 atom stereocenters. The zero-order valence-electron chi connectivity index (χ0n) is 15.2. The van der Waals surface area contributed by atoms with Gasteiger partial charge in [-0.05, 0) is 54.6 Å². The van der Waals surface area contributed by atoms with Crippen molar-refractivity contribution in [1.29, 1.82) is 0 Å². The van der Waals surface area contributed by atoms with Crippen LogP contribution in [0.25, 0.3) is 0 Å². The molecule has 3 aromatic rings. The van der Waals surface area contributed by atoms with Crippen molar-refractivity contribution in [2.75, 3.05) is 16.0 Å². The third-order valence-electron chi connectivity index (χ3n) is 3.88. The summed E-state index contributed by atoms with van der Waals surface area (Å²) in [5.41, 5.74) is 2.76. The lowest BCUT2D eigenvalue weighted by molar-refractivity contribution is -0.114. The molecule has 3 amide bonds. The van der Waals surface area contributed by atoms with E-state index in [-0.39, 0.29) is 17.7 Å². The Morgan fingerprint density at radius 3 is 1.68 bits per heavy atom. The second-order valence-corrected chi connectivity index (χ2v) is 6.11. The molecule has 0 spiro atoms. The van der Waals surface area contributed by atoms with Crippen molar-refractivity contribution >= 4 is 34.8 Å². The number of hydrogen-bond donors (Lipinski definition) is 3. The molecule has 0 aliphatic heterocycles. The number of carbonyl (C=O) groups excluding carboxylic acids is 3. The first-order valence-electron chi connectivity index (χ1n) is 8.67. The van der Waals surface area contributed by atoms with Gasteiger partial charge in [0.1, 0.15) is 0 Å². The maximum absolute atomic E-state index is 12.4. The van der Waals surface area contributed by atoms with Crippen LogP contribution in [0.1, 0.15) is 27.6 Å². The Bertz CT molecular complexity index is 999. The minimum Gasteiger partial charge on any atom is -0.326 e. The largest absolute Gasteiger partial charge is 0.326 e. The van der Waals surface area contributed by atoms with Crippen LogP contribution in [0.15, 0.2) is 78.9 Å². The molecule has 0 fully saturated rings. The fraction of sp³-hybridized carbons (Fsp3) is 0.0455. The fourth-order valence-electron chi connectivity index (χ4n) is 2.57. The van der Waals surface area contributed by atoms with Gasteiger partial charge in [-0.3, -0.25) is 14.4 Å². The van der Waals surface area contributed by atoms with Crippen LogP contribution in [-0.2, 0) is 4.79 Å². The predicted molar refractivity (Wildman–Crippen MR) is 110 cm³/mol. The maximum atomic E-state index is 12.4. The zero-order valence-corrected chi connectivity index (χ0v) is 15.2. The van der Waals surface area contributed by atoms with Crippen molar-refractivity contribution in [2.24, 2.45) is 0 Å². The van der Waals surface area contributed by atoms with E-state index in [1.807, 2.05) is 6.07 Å². The van der Waals surface area contributed by atoms with Crippen LogP contribution in [0.4, 0.5) is 17.1 Å². The molecule has 6 heteroatoms. The average molecular weight is 373 g/mol. The molecule has 3 rings (SSSR count). The maximum Gasteiger partial charge on any atom is 0.255 e. The van der Waals surface area contributed by atoms with Crippen LogP contribution >= 0.6 is 0 Å². The van der Waals surface area contributed by atoms with Crippen LogP contribution in [0.5, 0.6) is 0 Å². The standard InChI is InChI=1S/C22H19N3O3/c1-15(26)23-20-9-5-8-17(14-20)22(28)25-19-12-10-18(11-13-19)24-21(27)16-6-3-2-4-7-16/h2-14H,1H3,(H,23,26)(H,24,27)(H,25,28). The summed E-state index contributed by atoms with van der Waals surface area (Å²) < 4.78 is 0. The highest BCUT2D eigenvalue weighted by Crippen LogP contribution is 2.17. The van der Waals surface area contributed by atoms with Crippen LogP contribution in [0.3, 0.4) is 0 Å². The fourth-order valence-corrected chi connectivity index (χ4v) is 2.57. The number of rotatable bonds is 5. The molecule has 0 bridgehead atoms. The van der Waals surface area contributed by atoms with E-state index < -0.39 is 0 Å². The van der Waals surface area contributed by atoms with E-state index in [9.17, 15) is 14.4 Å². The molecule has 28 heavy (non-hydrogen) atoms. The van der Waals surface area contributed by atoms with Crippen molar-refractivity contribution < 1.29 is 14.4 Å². The molecule has 0 radical (unpaired) electrons. The van der Waals surface area contributed by atoms with Gasteiger partial charge in [-0.1, -0.05) is 24.3 Å². The lowest BCUT2D eigenvalue weighted by atomic mass is 10.1. The highest BCUT2D eigenvalue weighted by molar-refractivity contribution is 6.06. The summed E-state index contributed by atoms with van der Waals surface area (Å²) in [7, 11) is 0. The number of benzene rings is 3. The van der Waals surface area contributed by atoms with Crippen molar-refractivity contribution in [3.8, 4) is 0 Å². The lowest BCUT2D eigenvalue weighted by Gasteiger charge is -2.09. The molecule has 0 aromatic heterocycles. The first-order valence-corrected chi connectivity index (χ1v) is 8.67. The number of hydrogen-bond acceptors (Lipinski definition) is 3. The average Bonchev–Trinajstić information content (AvgIpc) is 2.70. The van der Waals surface area contributed by atoms with Crippen LogP contribution < -0.4 is 16.0 Å². The van der Waals surface area contributed by atoms with E-state index in [4.69, 9.17) is 0 Å². The summed E-state index contributed by atoms with van der Waals surface area (Å²) in [5.74, 6) is -0.703. The van der Waals surface area contributed by atoms with Gasteiger partial charge >= 0.3 is 0 Å². The third-order valence-corrected chi connectivity index (χ3v) is 3.88. The Kier molecular flexibility index (Phi) is 5.81. The Hall–Kier alpha value is -3.93. The molecule has 0 aliphatic carbocycles. The van der Waals surface area contributed by atoms with E-state index in [1.54, 1.807) is 72.8 Å². The topological polar surface area (TPSA) is 87.3 Å². The SMILES string of the molecule is CC(=O)Nc1cccc(C(=O)Nc2ccc(NC(=O)c3ccccc3)cc2)c1. The highest BCUT2D eigenvalue weighted by atomic mass is 16.2. The molecule has 140 valence electrons. The first kappa shape index (κ1) is 18.8. The normalized spacial score (nSPS) is 10.0. The summed E-state index contributed by atoms with van der Waals surface area (Å²) in [5, 5.41) is 8.23.